The van der Waals surface area contributed by atoms with Gasteiger partial charge in [-0.15, -0.1) is 0 Å². The number of piperazine rings is 1. The van der Waals surface area contributed by atoms with Crippen LogP contribution in [0.3, 0.4) is 0 Å². The summed E-state index contributed by atoms with van der Waals surface area (Å²) in [6.07, 6.45) is 0.368. The number of nitrogens with zero attached hydrogens (tertiary/aromatic N) is 1. The van der Waals surface area contributed by atoms with E-state index in [1.54, 1.807) is 38.1 Å². The van der Waals surface area contributed by atoms with Crippen LogP contribution in [0.4, 0.5) is 0 Å². The van der Waals surface area contributed by atoms with Gasteiger partial charge >= 0.3 is 0 Å². The minimum atomic E-state index is -0.887. The van der Waals surface area contributed by atoms with E-state index in [1.165, 1.54) is 4.90 Å². The number of benzene rings is 1. The molecule has 1 aliphatic heterocycles. The molecule has 2 rings (SSSR count). The van der Waals surface area contributed by atoms with Gasteiger partial charge in [-0.3, -0.25) is 9.59 Å². The molecule has 1 saturated heterocycles. The lowest BCUT2D eigenvalue weighted by atomic mass is 9.96. The van der Waals surface area contributed by atoms with Crippen LogP contribution in [-0.2, 0) is 16.0 Å². The first-order chi connectivity index (χ1) is 9.82. The molecule has 0 aliphatic carbocycles. The summed E-state index contributed by atoms with van der Waals surface area (Å²) in [5, 5.41) is 12.0. The quantitative estimate of drug-likeness (QED) is 0.730. The maximum absolute atomic E-state index is 12.5. The normalized spacial score (nSPS) is 19.0. The Morgan fingerprint density at radius 1 is 1.43 bits per heavy atom. The second kappa shape index (κ2) is 5.73. The summed E-state index contributed by atoms with van der Waals surface area (Å²) in [6, 6.07) is 5.88. The Morgan fingerprint density at radius 2 is 2.05 bits per heavy atom. The fraction of sp³-hybridized carbons (Fsp3) is 0.467. The first kappa shape index (κ1) is 15.3. The molecule has 1 heterocycles. The van der Waals surface area contributed by atoms with Crippen LogP contribution in [0.2, 0.25) is 0 Å². The third kappa shape index (κ3) is 3.16. The van der Waals surface area contributed by atoms with Gasteiger partial charge in [-0.2, -0.15) is 0 Å². The summed E-state index contributed by atoms with van der Waals surface area (Å²) in [5.41, 5.74) is 5.98. The largest absolute Gasteiger partial charge is 0.508 e. The lowest BCUT2D eigenvalue weighted by molar-refractivity contribution is -0.150. The van der Waals surface area contributed by atoms with Crippen LogP contribution < -0.4 is 11.1 Å². The van der Waals surface area contributed by atoms with Gasteiger partial charge in [0.2, 0.25) is 11.8 Å². The molecule has 0 spiro atoms. The Bertz CT molecular complexity index is 540. The number of aromatic hydroxyl groups is 1. The standard InChI is InChI=1S/C15H21N3O3/c1-15(2)14(21)17-7-8-18(15)13(20)12(16)9-10-3-5-11(19)6-4-10/h3-6,12,19H,7-9,16H2,1-2H3,(H,17,21)/t12-/m1/s1. The van der Waals surface area contributed by atoms with Crippen LogP contribution >= 0.6 is 0 Å². The molecule has 114 valence electrons. The van der Waals surface area contributed by atoms with Gasteiger partial charge < -0.3 is 21.1 Å². The number of carbonyl (C=O) groups excluding carboxylic acids is 2. The van der Waals surface area contributed by atoms with Gasteiger partial charge in [-0.1, -0.05) is 12.1 Å². The van der Waals surface area contributed by atoms with Gasteiger partial charge in [-0.05, 0) is 38.0 Å². The molecule has 1 aromatic carbocycles. The van der Waals surface area contributed by atoms with Crippen LogP contribution in [0.15, 0.2) is 24.3 Å². The highest BCUT2D eigenvalue weighted by atomic mass is 16.3. The molecule has 6 heteroatoms. The molecule has 1 aromatic rings. The SMILES string of the molecule is CC1(C)C(=O)NCCN1C(=O)[C@H](N)Cc1ccc(O)cc1. The van der Waals surface area contributed by atoms with Crippen molar-refractivity contribution >= 4 is 11.8 Å². The van der Waals surface area contributed by atoms with E-state index in [4.69, 9.17) is 5.73 Å². The summed E-state index contributed by atoms with van der Waals surface area (Å²) in [7, 11) is 0. The predicted molar refractivity (Wildman–Crippen MR) is 78.6 cm³/mol. The third-order valence-electron chi connectivity index (χ3n) is 3.83. The van der Waals surface area contributed by atoms with Crippen molar-refractivity contribution in [1.29, 1.82) is 0 Å². The number of phenolic OH excluding ortho intramolecular Hbond substituents is 1. The number of nitrogens with one attached hydrogen (secondary N) is 1. The van der Waals surface area contributed by atoms with Crippen LogP contribution in [0.25, 0.3) is 0 Å². The molecule has 4 N–H and O–H groups in total. The van der Waals surface area contributed by atoms with E-state index in [1.807, 2.05) is 0 Å². The maximum Gasteiger partial charge on any atom is 0.245 e. The van der Waals surface area contributed by atoms with E-state index >= 15 is 0 Å². The van der Waals surface area contributed by atoms with Crippen molar-refractivity contribution in [3.05, 3.63) is 29.8 Å². The zero-order chi connectivity index (χ0) is 15.6. The summed E-state index contributed by atoms with van der Waals surface area (Å²) in [4.78, 5) is 25.9. The van der Waals surface area contributed by atoms with Crippen molar-refractivity contribution in [3.8, 4) is 5.75 Å². The average molecular weight is 291 g/mol. The van der Waals surface area contributed by atoms with Crippen molar-refractivity contribution in [3.63, 3.8) is 0 Å². The smallest absolute Gasteiger partial charge is 0.245 e. The van der Waals surface area contributed by atoms with Gasteiger partial charge in [0, 0.05) is 13.1 Å². The molecule has 1 aliphatic rings. The fourth-order valence-electron chi connectivity index (χ4n) is 2.46. The molecule has 0 unspecified atom stereocenters. The molecule has 0 saturated carbocycles. The van der Waals surface area contributed by atoms with Gasteiger partial charge in [0.05, 0.1) is 6.04 Å². The van der Waals surface area contributed by atoms with E-state index in [9.17, 15) is 14.7 Å². The molecule has 21 heavy (non-hydrogen) atoms. The average Bonchev–Trinajstić information content (AvgIpc) is 2.43. The summed E-state index contributed by atoms with van der Waals surface area (Å²) in [5.74, 6) is -0.227. The zero-order valence-corrected chi connectivity index (χ0v) is 12.3. The van der Waals surface area contributed by atoms with Gasteiger partial charge in [0.1, 0.15) is 11.3 Å². The van der Waals surface area contributed by atoms with Gasteiger partial charge in [-0.25, -0.2) is 0 Å². The Balaban J connectivity index is 2.08. The molecule has 6 nitrogen and oxygen atoms in total. The third-order valence-corrected chi connectivity index (χ3v) is 3.83. The highest BCUT2D eigenvalue weighted by molar-refractivity contribution is 5.93. The van der Waals surface area contributed by atoms with Crippen molar-refractivity contribution in [2.45, 2.75) is 31.8 Å². The van der Waals surface area contributed by atoms with Crippen LogP contribution in [0, 0.1) is 0 Å². The van der Waals surface area contributed by atoms with Crippen LogP contribution in [0.5, 0.6) is 5.75 Å². The van der Waals surface area contributed by atoms with E-state index in [-0.39, 0.29) is 17.6 Å². The van der Waals surface area contributed by atoms with E-state index in [0.717, 1.165) is 5.56 Å². The zero-order valence-electron chi connectivity index (χ0n) is 12.3. The van der Waals surface area contributed by atoms with Crippen LogP contribution in [-0.4, -0.2) is 46.5 Å². The molecular formula is C15H21N3O3. The Labute approximate surface area is 123 Å². The van der Waals surface area contributed by atoms with Crippen molar-refractivity contribution in [2.75, 3.05) is 13.1 Å². The number of amides is 2. The second-order valence-corrected chi connectivity index (χ2v) is 5.78. The lowest BCUT2D eigenvalue weighted by Crippen LogP contribution is -2.65. The molecule has 0 bridgehead atoms. The van der Waals surface area contributed by atoms with Crippen molar-refractivity contribution in [1.82, 2.24) is 10.2 Å². The minimum Gasteiger partial charge on any atom is -0.508 e. The van der Waals surface area contributed by atoms with Crippen LogP contribution in [0.1, 0.15) is 19.4 Å². The van der Waals surface area contributed by atoms with Gasteiger partial charge in [0.25, 0.3) is 0 Å². The summed E-state index contributed by atoms with van der Waals surface area (Å²) < 4.78 is 0. The van der Waals surface area contributed by atoms with Crippen molar-refractivity contribution < 1.29 is 14.7 Å². The molecule has 2 amide bonds. The summed E-state index contributed by atoms with van der Waals surface area (Å²) >= 11 is 0. The fourth-order valence-corrected chi connectivity index (χ4v) is 2.46. The number of phenols is 1. The monoisotopic (exact) mass is 291 g/mol. The number of nitrogens with two attached hydrogens (primary N) is 1. The first-order valence-electron chi connectivity index (χ1n) is 6.95. The number of carbonyl (C=O) groups is 2. The highest BCUT2D eigenvalue weighted by Crippen LogP contribution is 2.19. The topological polar surface area (TPSA) is 95.7 Å². The number of rotatable bonds is 3. The number of hydrogen-bond acceptors (Lipinski definition) is 4. The first-order valence-corrected chi connectivity index (χ1v) is 6.95. The molecular weight excluding hydrogens is 270 g/mol. The van der Waals surface area contributed by atoms with Crippen molar-refractivity contribution in [2.24, 2.45) is 5.73 Å². The van der Waals surface area contributed by atoms with E-state index in [0.29, 0.717) is 19.5 Å². The number of hydrogen-bond donors (Lipinski definition) is 3. The highest BCUT2D eigenvalue weighted by Gasteiger charge is 2.41. The Hall–Kier alpha value is -2.08. The summed E-state index contributed by atoms with van der Waals surface area (Å²) in [6.45, 7) is 4.33. The molecule has 1 atom stereocenters. The van der Waals surface area contributed by atoms with E-state index < -0.39 is 11.6 Å². The predicted octanol–water partition coefficient (Wildman–Crippen LogP) is -0.001000. The second-order valence-electron chi connectivity index (χ2n) is 5.78. The minimum absolute atomic E-state index is 0.168. The molecule has 1 fully saturated rings. The molecule has 0 aromatic heterocycles. The van der Waals surface area contributed by atoms with Gasteiger partial charge in [0.15, 0.2) is 0 Å². The maximum atomic E-state index is 12.5. The molecule has 0 radical (unpaired) electrons. The lowest BCUT2D eigenvalue weighted by Gasteiger charge is -2.42. The Morgan fingerprint density at radius 3 is 2.67 bits per heavy atom. The van der Waals surface area contributed by atoms with E-state index in [2.05, 4.69) is 5.32 Å². The Kier molecular flexibility index (Phi) is 4.18.